The quantitative estimate of drug-likeness (QED) is 0.739. The Kier molecular flexibility index (Phi) is 2.99. The summed E-state index contributed by atoms with van der Waals surface area (Å²) in [4.78, 5) is 17.7. The van der Waals surface area contributed by atoms with Gasteiger partial charge >= 0.3 is 0 Å². The van der Waals surface area contributed by atoms with Gasteiger partial charge < -0.3 is 4.90 Å². The number of piperidine rings is 1. The topological polar surface area (TPSA) is 33.2 Å². The fourth-order valence-corrected chi connectivity index (χ4v) is 2.14. The standard InChI is InChI=1S/C12H16N2O/c1-2-10-9-12(15)5-8-14(10)11-3-6-13-7-4-11/h3-4,6-7,10H,2,5,8-9H2,1H3. The highest BCUT2D eigenvalue weighted by atomic mass is 16.1. The van der Waals surface area contributed by atoms with Crippen molar-refractivity contribution in [3.63, 3.8) is 0 Å². The predicted octanol–water partition coefficient (Wildman–Crippen LogP) is 2.03. The summed E-state index contributed by atoms with van der Waals surface area (Å²) in [5.41, 5.74) is 1.18. The number of ketones is 1. The van der Waals surface area contributed by atoms with Crippen molar-refractivity contribution in [3.05, 3.63) is 24.5 Å². The zero-order valence-corrected chi connectivity index (χ0v) is 9.02. The Labute approximate surface area is 90.1 Å². The third kappa shape index (κ3) is 2.17. The lowest BCUT2D eigenvalue weighted by molar-refractivity contribution is -0.120. The third-order valence-corrected chi connectivity index (χ3v) is 3.00. The predicted molar refractivity (Wildman–Crippen MR) is 59.9 cm³/mol. The first-order chi connectivity index (χ1) is 7.31. The maximum atomic E-state index is 11.4. The molecule has 0 spiro atoms. The number of rotatable bonds is 2. The highest BCUT2D eigenvalue weighted by molar-refractivity contribution is 5.81. The largest absolute Gasteiger partial charge is 0.368 e. The number of Topliss-reactive ketones (excluding diaryl/α,β-unsaturated/α-hetero) is 1. The SMILES string of the molecule is CCC1CC(=O)CCN1c1ccncc1. The monoisotopic (exact) mass is 204 g/mol. The molecule has 1 saturated heterocycles. The summed E-state index contributed by atoms with van der Waals surface area (Å²) in [6.45, 7) is 2.98. The number of aromatic nitrogens is 1. The van der Waals surface area contributed by atoms with Crippen molar-refractivity contribution in [2.24, 2.45) is 0 Å². The van der Waals surface area contributed by atoms with Crippen molar-refractivity contribution in [3.8, 4) is 0 Å². The molecule has 1 aliphatic heterocycles. The summed E-state index contributed by atoms with van der Waals surface area (Å²) in [6, 6.07) is 4.39. The molecule has 0 bridgehead atoms. The number of nitrogens with zero attached hydrogens (tertiary/aromatic N) is 2. The molecule has 1 aromatic heterocycles. The number of pyridine rings is 1. The molecule has 3 heteroatoms. The summed E-state index contributed by atoms with van der Waals surface area (Å²) in [7, 11) is 0. The van der Waals surface area contributed by atoms with Gasteiger partial charge in [0.05, 0.1) is 0 Å². The molecule has 15 heavy (non-hydrogen) atoms. The minimum atomic E-state index is 0.369. The van der Waals surface area contributed by atoms with Crippen LogP contribution < -0.4 is 4.90 Å². The fraction of sp³-hybridized carbons (Fsp3) is 0.500. The minimum Gasteiger partial charge on any atom is -0.368 e. The van der Waals surface area contributed by atoms with Crippen LogP contribution in [0, 0.1) is 0 Å². The molecule has 2 rings (SSSR count). The second-order valence-electron chi connectivity index (χ2n) is 3.95. The van der Waals surface area contributed by atoms with Gasteiger partial charge in [0.25, 0.3) is 0 Å². The van der Waals surface area contributed by atoms with Crippen molar-refractivity contribution in [2.45, 2.75) is 32.2 Å². The van der Waals surface area contributed by atoms with Gasteiger partial charge in [0.2, 0.25) is 0 Å². The van der Waals surface area contributed by atoms with E-state index in [4.69, 9.17) is 0 Å². The molecule has 3 nitrogen and oxygen atoms in total. The highest BCUT2D eigenvalue weighted by Gasteiger charge is 2.25. The van der Waals surface area contributed by atoms with Crippen LogP contribution in [0.4, 0.5) is 5.69 Å². The van der Waals surface area contributed by atoms with E-state index in [0.717, 1.165) is 13.0 Å². The van der Waals surface area contributed by atoms with E-state index in [9.17, 15) is 4.79 Å². The lowest BCUT2D eigenvalue weighted by Gasteiger charge is -2.36. The summed E-state index contributed by atoms with van der Waals surface area (Å²) >= 11 is 0. The van der Waals surface area contributed by atoms with E-state index in [2.05, 4.69) is 16.8 Å². The van der Waals surface area contributed by atoms with E-state index in [1.807, 2.05) is 12.1 Å². The molecule has 0 aromatic carbocycles. The highest BCUT2D eigenvalue weighted by Crippen LogP contribution is 2.24. The lowest BCUT2D eigenvalue weighted by atomic mass is 9.98. The van der Waals surface area contributed by atoms with Crippen LogP contribution in [-0.4, -0.2) is 23.4 Å². The normalized spacial score (nSPS) is 21.8. The van der Waals surface area contributed by atoms with Crippen LogP contribution in [0.15, 0.2) is 24.5 Å². The van der Waals surface area contributed by atoms with Crippen molar-refractivity contribution in [1.29, 1.82) is 0 Å². The third-order valence-electron chi connectivity index (χ3n) is 3.00. The van der Waals surface area contributed by atoms with Gasteiger partial charge in [-0.2, -0.15) is 0 Å². The Morgan fingerprint density at radius 3 is 2.87 bits per heavy atom. The van der Waals surface area contributed by atoms with Crippen molar-refractivity contribution >= 4 is 11.5 Å². The Hall–Kier alpha value is -1.38. The van der Waals surface area contributed by atoms with Crippen LogP contribution in [0.2, 0.25) is 0 Å². The smallest absolute Gasteiger partial charge is 0.136 e. The lowest BCUT2D eigenvalue weighted by Crippen LogP contribution is -2.42. The van der Waals surface area contributed by atoms with Gasteiger partial charge in [0.15, 0.2) is 0 Å². The van der Waals surface area contributed by atoms with E-state index in [1.54, 1.807) is 12.4 Å². The number of carbonyl (C=O) groups excluding carboxylic acids is 1. The average molecular weight is 204 g/mol. The van der Waals surface area contributed by atoms with Gasteiger partial charge in [0.1, 0.15) is 5.78 Å². The Bertz CT molecular complexity index is 337. The molecular formula is C12H16N2O. The summed E-state index contributed by atoms with van der Waals surface area (Å²) in [5.74, 6) is 0.396. The molecule has 0 radical (unpaired) electrons. The summed E-state index contributed by atoms with van der Waals surface area (Å²) in [6.07, 6.45) is 6.00. The fourth-order valence-electron chi connectivity index (χ4n) is 2.14. The molecule has 0 aliphatic carbocycles. The summed E-state index contributed by atoms with van der Waals surface area (Å²) in [5, 5.41) is 0. The van der Waals surface area contributed by atoms with Gasteiger partial charge in [-0.25, -0.2) is 0 Å². The molecule has 1 fully saturated rings. The molecule has 1 aromatic rings. The minimum absolute atomic E-state index is 0.369. The average Bonchev–Trinajstić information content (AvgIpc) is 2.30. The van der Waals surface area contributed by atoms with Gasteiger partial charge in [-0.05, 0) is 18.6 Å². The van der Waals surface area contributed by atoms with Crippen molar-refractivity contribution < 1.29 is 4.79 Å². The number of anilines is 1. The van der Waals surface area contributed by atoms with Gasteiger partial charge in [-0.15, -0.1) is 0 Å². The zero-order chi connectivity index (χ0) is 10.7. The first kappa shape index (κ1) is 10.1. The van der Waals surface area contributed by atoms with E-state index in [-0.39, 0.29) is 0 Å². The molecule has 1 aliphatic rings. The Balaban J connectivity index is 2.17. The Morgan fingerprint density at radius 1 is 1.47 bits per heavy atom. The molecule has 0 amide bonds. The van der Waals surface area contributed by atoms with Crippen molar-refractivity contribution in [1.82, 2.24) is 4.98 Å². The number of hydrogen-bond donors (Lipinski definition) is 0. The first-order valence-corrected chi connectivity index (χ1v) is 5.49. The van der Waals surface area contributed by atoms with E-state index in [1.165, 1.54) is 5.69 Å². The molecule has 1 unspecified atom stereocenters. The second-order valence-corrected chi connectivity index (χ2v) is 3.95. The van der Waals surface area contributed by atoms with Crippen LogP contribution in [0.3, 0.4) is 0 Å². The van der Waals surface area contributed by atoms with E-state index >= 15 is 0 Å². The zero-order valence-electron chi connectivity index (χ0n) is 9.02. The summed E-state index contributed by atoms with van der Waals surface area (Å²) < 4.78 is 0. The van der Waals surface area contributed by atoms with Crippen LogP contribution in [0.5, 0.6) is 0 Å². The maximum absolute atomic E-state index is 11.4. The van der Waals surface area contributed by atoms with Crippen molar-refractivity contribution in [2.75, 3.05) is 11.4 Å². The van der Waals surface area contributed by atoms with Gasteiger partial charge in [-0.3, -0.25) is 9.78 Å². The van der Waals surface area contributed by atoms with Crippen LogP contribution in [-0.2, 0) is 4.79 Å². The van der Waals surface area contributed by atoms with Crippen LogP contribution in [0.25, 0.3) is 0 Å². The number of hydrogen-bond acceptors (Lipinski definition) is 3. The van der Waals surface area contributed by atoms with Gasteiger partial charge in [-0.1, -0.05) is 6.92 Å². The molecule has 80 valence electrons. The van der Waals surface area contributed by atoms with Crippen LogP contribution >= 0.6 is 0 Å². The first-order valence-electron chi connectivity index (χ1n) is 5.49. The molecule has 1 atom stereocenters. The van der Waals surface area contributed by atoms with E-state index in [0.29, 0.717) is 24.7 Å². The molecule has 0 saturated carbocycles. The Morgan fingerprint density at radius 2 is 2.20 bits per heavy atom. The van der Waals surface area contributed by atoms with E-state index < -0.39 is 0 Å². The number of carbonyl (C=O) groups is 1. The molecule has 0 N–H and O–H groups in total. The second kappa shape index (κ2) is 4.43. The molecule has 2 heterocycles. The molecular weight excluding hydrogens is 188 g/mol. The van der Waals surface area contributed by atoms with Crippen LogP contribution in [0.1, 0.15) is 26.2 Å². The van der Waals surface area contributed by atoms with Gasteiger partial charge in [0, 0.05) is 43.5 Å². The maximum Gasteiger partial charge on any atom is 0.136 e.